The molecule has 8 nitrogen and oxygen atoms in total. The zero-order chi connectivity index (χ0) is 20.4. The summed E-state index contributed by atoms with van der Waals surface area (Å²) in [6.07, 6.45) is 4.94. The van der Waals surface area contributed by atoms with Gasteiger partial charge in [0.15, 0.2) is 5.82 Å². The molecule has 4 aromatic rings. The smallest absolute Gasteiger partial charge is 0.269 e. The molecule has 0 spiro atoms. The van der Waals surface area contributed by atoms with E-state index in [-0.39, 0.29) is 17.1 Å². The van der Waals surface area contributed by atoms with Crippen LogP contribution in [0.5, 0.6) is 0 Å². The first-order chi connectivity index (χ1) is 14.0. The molecular weight excluding hydrogens is 377 g/mol. The van der Waals surface area contributed by atoms with Crippen LogP contribution in [-0.2, 0) is 0 Å². The Labute approximate surface area is 164 Å². The van der Waals surface area contributed by atoms with E-state index in [0.717, 1.165) is 0 Å². The third-order valence-corrected chi connectivity index (χ3v) is 4.24. The van der Waals surface area contributed by atoms with Crippen LogP contribution >= 0.6 is 0 Å². The molecule has 1 amide bonds. The number of nitrogens with one attached hydrogen (secondary N) is 1. The second-order valence-corrected chi connectivity index (χ2v) is 6.12. The molecule has 4 rings (SSSR count). The van der Waals surface area contributed by atoms with Crippen LogP contribution in [0.4, 0.5) is 15.8 Å². The van der Waals surface area contributed by atoms with Gasteiger partial charge in [-0.3, -0.25) is 14.9 Å². The quantitative estimate of drug-likeness (QED) is 0.411. The minimum atomic E-state index is -0.511. The van der Waals surface area contributed by atoms with Crippen LogP contribution in [0, 0.1) is 15.9 Å². The molecule has 0 radical (unpaired) electrons. The number of hydrogen-bond acceptors (Lipinski definition) is 4. The summed E-state index contributed by atoms with van der Waals surface area (Å²) in [4.78, 5) is 23.1. The summed E-state index contributed by atoms with van der Waals surface area (Å²) in [6, 6.07) is 14.9. The van der Waals surface area contributed by atoms with Crippen molar-refractivity contribution in [3.63, 3.8) is 0 Å². The maximum atomic E-state index is 13.3. The van der Waals surface area contributed by atoms with Gasteiger partial charge in [0.05, 0.1) is 16.8 Å². The van der Waals surface area contributed by atoms with Crippen LogP contribution in [0.15, 0.2) is 79.3 Å². The van der Waals surface area contributed by atoms with Crippen molar-refractivity contribution in [3.05, 3.63) is 101 Å². The molecule has 9 heteroatoms. The van der Waals surface area contributed by atoms with Gasteiger partial charge in [-0.05, 0) is 48.5 Å². The number of nitrogens with zero attached hydrogens (tertiary/aromatic N) is 4. The predicted molar refractivity (Wildman–Crippen MR) is 104 cm³/mol. The van der Waals surface area contributed by atoms with Gasteiger partial charge in [-0.25, -0.2) is 9.07 Å². The fourth-order valence-corrected chi connectivity index (χ4v) is 2.86. The normalized spacial score (nSPS) is 10.7. The molecule has 0 saturated carbocycles. The molecule has 0 fully saturated rings. The van der Waals surface area contributed by atoms with Gasteiger partial charge < -0.3 is 9.88 Å². The Kier molecular flexibility index (Phi) is 4.62. The first kappa shape index (κ1) is 18.1. The number of rotatable bonds is 5. The van der Waals surface area contributed by atoms with Gasteiger partial charge in [0.2, 0.25) is 0 Å². The lowest BCUT2D eigenvalue weighted by Gasteiger charge is -2.11. The number of nitro benzene ring substituents is 1. The molecule has 0 unspecified atom stereocenters. The highest BCUT2D eigenvalue weighted by Gasteiger charge is 2.20. The Morgan fingerprint density at radius 1 is 1.03 bits per heavy atom. The number of benzene rings is 2. The van der Waals surface area contributed by atoms with E-state index in [1.807, 2.05) is 0 Å². The van der Waals surface area contributed by atoms with Gasteiger partial charge in [-0.1, -0.05) is 0 Å². The summed E-state index contributed by atoms with van der Waals surface area (Å²) in [5.41, 5.74) is 1.21. The Bertz CT molecular complexity index is 1170. The maximum Gasteiger partial charge on any atom is 0.269 e. The third kappa shape index (κ3) is 3.61. The lowest BCUT2D eigenvalue weighted by atomic mass is 10.2. The van der Waals surface area contributed by atoms with E-state index < -0.39 is 10.8 Å². The van der Waals surface area contributed by atoms with E-state index in [9.17, 15) is 19.3 Å². The lowest BCUT2D eigenvalue weighted by molar-refractivity contribution is -0.384. The molecular formula is C20H14FN5O3. The fraction of sp³-hybridized carbons (Fsp3) is 0. The molecule has 0 aliphatic carbocycles. The van der Waals surface area contributed by atoms with Gasteiger partial charge in [0.1, 0.15) is 11.4 Å². The summed E-state index contributed by atoms with van der Waals surface area (Å²) < 4.78 is 16.5. The summed E-state index contributed by atoms with van der Waals surface area (Å²) in [5.74, 6) is -0.337. The van der Waals surface area contributed by atoms with Crippen molar-refractivity contribution < 1.29 is 14.1 Å². The van der Waals surface area contributed by atoms with Crippen molar-refractivity contribution in [2.75, 3.05) is 5.32 Å². The van der Waals surface area contributed by atoms with Gasteiger partial charge >= 0.3 is 0 Å². The van der Waals surface area contributed by atoms with E-state index in [2.05, 4.69) is 10.4 Å². The van der Waals surface area contributed by atoms with Crippen LogP contribution in [0.2, 0.25) is 0 Å². The van der Waals surface area contributed by atoms with E-state index in [1.54, 1.807) is 41.2 Å². The summed E-state index contributed by atoms with van der Waals surface area (Å²) >= 11 is 0. The molecule has 144 valence electrons. The van der Waals surface area contributed by atoms with Crippen molar-refractivity contribution in [2.24, 2.45) is 0 Å². The minimum Gasteiger partial charge on any atom is -0.322 e. The molecule has 1 N–H and O–H groups in total. The molecule has 0 aliphatic rings. The number of amides is 1. The lowest BCUT2D eigenvalue weighted by Crippen LogP contribution is -2.15. The molecule has 0 saturated heterocycles. The Morgan fingerprint density at radius 3 is 2.31 bits per heavy atom. The predicted octanol–water partition coefficient (Wildman–Crippen LogP) is 3.96. The van der Waals surface area contributed by atoms with E-state index >= 15 is 0 Å². The highest BCUT2D eigenvalue weighted by atomic mass is 19.1. The highest BCUT2D eigenvalue weighted by Crippen LogP contribution is 2.22. The maximum absolute atomic E-state index is 13.3. The zero-order valence-electron chi connectivity index (χ0n) is 14.9. The highest BCUT2D eigenvalue weighted by molar-refractivity contribution is 6.06. The van der Waals surface area contributed by atoms with Crippen molar-refractivity contribution in [1.82, 2.24) is 14.3 Å². The Balaban J connectivity index is 1.70. The Hall–Kier alpha value is -4.27. The van der Waals surface area contributed by atoms with Gasteiger partial charge in [0.25, 0.3) is 11.6 Å². The monoisotopic (exact) mass is 391 g/mol. The van der Waals surface area contributed by atoms with Crippen LogP contribution in [0.1, 0.15) is 10.4 Å². The average Bonchev–Trinajstić information content (AvgIpc) is 3.38. The number of non-ortho nitro benzene ring substituents is 1. The van der Waals surface area contributed by atoms with Crippen molar-refractivity contribution >= 4 is 17.3 Å². The van der Waals surface area contributed by atoms with Gasteiger partial charge in [0, 0.05) is 30.2 Å². The first-order valence-corrected chi connectivity index (χ1v) is 8.56. The second-order valence-electron chi connectivity index (χ2n) is 6.12. The van der Waals surface area contributed by atoms with Crippen molar-refractivity contribution in [1.29, 1.82) is 0 Å². The third-order valence-electron chi connectivity index (χ3n) is 4.24. The summed E-state index contributed by atoms with van der Waals surface area (Å²) in [7, 11) is 0. The van der Waals surface area contributed by atoms with E-state index in [0.29, 0.717) is 17.2 Å². The summed E-state index contributed by atoms with van der Waals surface area (Å²) in [6.45, 7) is 0. The second kappa shape index (κ2) is 7.39. The summed E-state index contributed by atoms with van der Waals surface area (Å²) in [5, 5.41) is 17.8. The van der Waals surface area contributed by atoms with E-state index in [1.165, 1.54) is 47.3 Å². The number of carbonyl (C=O) groups excluding carboxylic acids is 1. The molecule has 0 atom stereocenters. The number of hydrogen-bond donors (Lipinski definition) is 1. The number of aromatic nitrogens is 3. The average molecular weight is 391 g/mol. The largest absolute Gasteiger partial charge is 0.322 e. The van der Waals surface area contributed by atoms with E-state index in [4.69, 9.17) is 0 Å². The fourth-order valence-electron chi connectivity index (χ4n) is 2.86. The van der Waals surface area contributed by atoms with Crippen molar-refractivity contribution in [2.45, 2.75) is 0 Å². The molecule has 2 heterocycles. The standard InChI is InChI=1S/C20H14FN5O3/c21-14-3-7-16(8-4-14)25-20(24-11-1-2-12-24)18(13-22-25)19(27)23-15-5-9-17(10-6-15)26(28)29/h1-13H,(H,23,27). The number of carbonyl (C=O) groups is 1. The first-order valence-electron chi connectivity index (χ1n) is 8.56. The zero-order valence-corrected chi connectivity index (χ0v) is 14.9. The van der Waals surface area contributed by atoms with Crippen LogP contribution in [-0.4, -0.2) is 25.2 Å². The number of anilines is 1. The van der Waals surface area contributed by atoms with Crippen LogP contribution in [0.25, 0.3) is 11.5 Å². The van der Waals surface area contributed by atoms with Crippen LogP contribution < -0.4 is 5.32 Å². The molecule has 0 bridgehead atoms. The van der Waals surface area contributed by atoms with Crippen molar-refractivity contribution in [3.8, 4) is 11.5 Å². The van der Waals surface area contributed by atoms with Gasteiger partial charge in [-0.15, -0.1) is 0 Å². The number of halogens is 1. The Morgan fingerprint density at radius 2 is 1.69 bits per heavy atom. The topological polar surface area (TPSA) is 95.0 Å². The van der Waals surface area contributed by atoms with Crippen LogP contribution in [0.3, 0.4) is 0 Å². The molecule has 2 aromatic carbocycles. The molecule has 2 aromatic heterocycles. The molecule has 29 heavy (non-hydrogen) atoms. The SMILES string of the molecule is O=C(Nc1ccc([N+](=O)[O-])cc1)c1cnn(-c2ccc(F)cc2)c1-n1cccc1. The minimum absolute atomic E-state index is 0.0693. The molecule has 0 aliphatic heterocycles. The number of nitro groups is 1. The van der Waals surface area contributed by atoms with Gasteiger partial charge in [-0.2, -0.15) is 5.10 Å².